The molecule has 3 rings (SSSR count). The number of nitrogens with two attached hydrogens (primary N) is 1. The highest BCUT2D eigenvalue weighted by Gasteiger charge is 2.18. The molecular formula is C22H24N2O4. The average Bonchev–Trinajstić information content (AvgIpc) is 2.68. The predicted octanol–water partition coefficient (Wildman–Crippen LogP) is 3.71. The number of nitrogens with one attached hydrogen (secondary N) is 1. The minimum absolute atomic E-state index is 0.0453. The van der Waals surface area contributed by atoms with Crippen molar-refractivity contribution < 1.29 is 13.9 Å². The number of hydrogen-bond acceptors (Lipinski definition) is 5. The lowest BCUT2D eigenvalue weighted by molar-refractivity contribution is 0.102. The van der Waals surface area contributed by atoms with Gasteiger partial charge in [-0.05, 0) is 48.2 Å². The largest absolute Gasteiger partial charge is 0.496 e. The second kappa shape index (κ2) is 8.27. The van der Waals surface area contributed by atoms with E-state index in [-0.39, 0.29) is 5.56 Å². The van der Waals surface area contributed by atoms with Crippen molar-refractivity contribution in [3.8, 4) is 5.75 Å². The Morgan fingerprint density at radius 2 is 1.89 bits per heavy atom. The number of benzene rings is 2. The molecule has 0 saturated carbocycles. The van der Waals surface area contributed by atoms with Gasteiger partial charge in [0.2, 0.25) is 0 Å². The maximum atomic E-state index is 12.6. The van der Waals surface area contributed by atoms with Crippen LogP contribution in [0.2, 0.25) is 0 Å². The fourth-order valence-corrected chi connectivity index (χ4v) is 3.10. The Kier molecular flexibility index (Phi) is 5.80. The number of ether oxygens (including phenoxy) is 1. The van der Waals surface area contributed by atoms with E-state index in [0.29, 0.717) is 41.3 Å². The van der Waals surface area contributed by atoms with E-state index in [0.717, 1.165) is 11.1 Å². The summed E-state index contributed by atoms with van der Waals surface area (Å²) in [5.41, 5.74) is 7.68. The van der Waals surface area contributed by atoms with Crippen LogP contribution in [0, 0.1) is 5.92 Å². The minimum atomic E-state index is -0.679. The average molecular weight is 380 g/mol. The summed E-state index contributed by atoms with van der Waals surface area (Å²) in [6.45, 7) is 4.58. The molecule has 3 N–H and O–H groups in total. The Labute approximate surface area is 163 Å². The molecule has 6 nitrogen and oxygen atoms in total. The first-order chi connectivity index (χ1) is 13.4. The van der Waals surface area contributed by atoms with E-state index in [1.165, 1.54) is 0 Å². The summed E-state index contributed by atoms with van der Waals surface area (Å²) < 4.78 is 11.0. The molecule has 28 heavy (non-hydrogen) atoms. The SMILES string of the molecule is COc1ccc2cc(C(=O)Nc3ccc(CN)cc3)c(=O)oc2c1CC(C)C. The Morgan fingerprint density at radius 3 is 2.50 bits per heavy atom. The van der Waals surface area contributed by atoms with Crippen LogP contribution in [0.5, 0.6) is 5.75 Å². The van der Waals surface area contributed by atoms with Gasteiger partial charge >= 0.3 is 5.63 Å². The number of methoxy groups -OCH3 is 1. The number of rotatable bonds is 6. The first-order valence-electron chi connectivity index (χ1n) is 9.17. The number of anilines is 1. The van der Waals surface area contributed by atoms with Crippen molar-refractivity contribution in [2.24, 2.45) is 11.7 Å². The minimum Gasteiger partial charge on any atom is -0.496 e. The fourth-order valence-electron chi connectivity index (χ4n) is 3.10. The summed E-state index contributed by atoms with van der Waals surface area (Å²) >= 11 is 0. The second-order valence-corrected chi connectivity index (χ2v) is 7.07. The van der Waals surface area contributed by atoms with Crippen LogP contribution in [0.15, 0.2) is 51.7 Å². The summed E-state index contributed by atoms with van der Waals surface area (Å²) in [5, 5.41) is 3.40. The number of carbonyl (C=O) groups is 1. The highest BCUT2D eigenvalue weighted by molar-refractivity contribution is 6.05. The van der Waals surface area contributed by atoms with E-state index >= 15 is 0 Å². The van der Waals surface area contributed by atoms with Crippen molar-refractivity contribution in [3.63, 3.8) is 0 Å². The van der Waals surface area contributed by atoms with Crippen LogP contribution in [0.3, 0.4) is 0 Å². The first kappa shape index (κ1) is 19.6. The lowest BCUT2D eigenvalue weighted by Crippen LogP contribution is -2.21. The molecule has 1 amide bonds. The molecule has 0 bridgehead atoms. The monoisotopic (exact) mass is 380 g/mol. The Balaban J connectivity index is 1.99. The molecule has 0 fully saturated rings. The molecule has 146 valence electrons. The van der Waals surface area contributed by atoms with Crippen molar-refractivity contribution in [3.05, 3.63) is 69.6 Å². The van der Waals surface area contributed by atoms with Crippen molar-refractivity contribution in [2.75, 3.05) is 12.4 Å². The molecule has 0 radical (unpaired) electrons. The zero-order valence-corrected chi connectivity index (χ0v) is 16.2. The molecule has 0 aliphatic rings. The van der Waals surface area contributed by atoms with E-state index in [2.05, 4.69) is 19.2 Å². The number of hydrogen-bond donors (Lipinski definition) is 2. The number of fused-ring (bicyclic) bond motifs is 1. The quantitative estimate of drug-likeness (QED) is 0.636. The molecule has 0 aliphatic heterocycles. The molecule has 0 saturated heterocycles. The van der Waals surface area contributed by atoms with Crippen molar-refractivity contribution >= 4 is 22.6 Å². The standard InChI is InChI=1S/C22H24N2O4/c1-13(2)10-17-19(27-3)9-6-15-11-18(22(26)28-20(15)17)21(25)24-16-7-4-14(12-23)5-8-16/h4-9,11,13H,10,12,23H2,1-3H3,(H,24,25). The van der Waals surface area contributed by atoms with Gasteiger partial charge in [-0.3, -0.25) is 4.79 Å². The van der Waals surface area contributed by atoms with E-state index in [1.807, 2.05) is 18.2 Å². The van der Waals surface area contributed by atoms with Crippen LogP contribution in [0.4, 0.5) is 5.69 Å². The Bertz CT molecular complexity index is 1050. The number of carbonyl (C=O) groups excluding carboxylic acids is 1. The maximum absolute atomic E-state index is 12.6. The third-order valence-electron chi connectivity index (χ3n) is 4.49. The zero-order valence-electron chi connectivity index (χ0n) is 16.2. The normalized spacial score (nSPS) is 11.0. The van der Waals surface area contributed by atoms with Crippen LogP contribution in [-0.4, -0.2) is 13.0 Å². The van der Waals surface area contributed by atoms with Crippen LogP contribution in [0.1, 0.15) is 35.3 Å². The fraction of sp³-hybridized carbons (Fsp3) is 0.273. The molecule has 0 unspecified atom stereocenters. The van der Waals surface area contributed by atoms with E-state index in [9.17, 15) is 9.59 Å². The summed E-state index contributed by atoms with van der Waals surface area (Å²) in [4.78, 5) is 25.1. The highest BCUT2D eigenvalue weighted by Crippen LogP contribution is 2.30. The molecule has 0 atom stereocenters. The number of amides is 1. The summed E-state index contributed by atoms with van der Waals surface area (Å²) in [7, 11) is 1.58. The Morgan fingerprint density at radius 1 is 1.18 bits per heavy atom. The lowest BCUT2D eigenvalue weighted by atomic mass is 9.99. The van der Waals surface area contributed by atoms with Crippen molar-refractivity contribution in [1.82, 2.24) is 0 Å². The van der Waals surface area contributed by atoms with Crippen LogP contribution < -0.4 is 21.4 Å². The second-order valence-electron chi connectivity index (χ2n) is 7.07. The van der Waals surface area contributed by atoms with Gasteiger partial charge in [-0.25, -0.2) is 4.79 Å². The van der Waals surface area contributed by atoms with Crippen LogP contribution >= 0.6 is 0 Å². The summed E-state index contributed by atoms with van der Waals surface area (Å²) in [6, 6.07) is 12.3. The smallest absolute Gasteiger partial charge is 0.349 e. The molecule has 2 aromatic carbocycles. The van der Waals surface area contributed by atoms with Crippen molar-refractivity contribution in [1.29, 1.82) is 0 Å². The third kappa shape index (κ3) is 4.07. The van der Waals surface area contributed by atoms with Gasteiger partial charge < -0.3 is 20.2 Å². The summed E-state index contributed by atoms with van der Waals surface area (Å²) in [5.74, 6) is 0.503. The van der Waals surface area contributed by atoms with Gasteiger partial charge in [0.1, 0.15) is 16.9 Å². The van der Waals surface area contributed by atoms with E-state index in [1.54, 1.807) is 31.4 Å². The third-order valence-corrected chi connectivity index (χ3v) is 4.49. The predicted molar refractivity (Wildman–Crippen MR) is 110 cm³/mol. The maximum Gasteiger partial charge on any atom is 0.349 e. The molecule has 3 aromatic rings. The van der Waals surface area contributed by atoms with Crippen molar-refractivity contribution in [2.45, 2.75) is 26.8 Å². The first-order valence-corrected chi connectivity index (χ1v) is 9.17. The molecule has 0 spiro atoms. The van der Waals surface area contributed by atoms with E-state index in [4.69, 9.17) is 14.9 Å². The molecule has 0 aliphatic carbocycles. The lowest BCUT2D eigenvalue weighted by Gasteiger charge is -2.13. The van der Waals surface area contributed by atoms with Gasteiger partial charge in [-0.1, -0.05) is 26.0 Å². The molecular weight excluding hydrogens is 356 g/mol. The summed E-state index contributed by atoms with van der Waals surface area (Å²) in [6.07, 6.45) is 0.697. The Hall–Kier alpha value is -3.12. The zero-order chi connectivity index (χ0) is 20.3. The van der Waals surface area contributed by atoms with Gasteiger partial charge in [-0.2, -0.15) is 0 Å². The van der Waals surface area contributed by atoms with E-state index < -0.39 is 11.5 Å². The van der Waals surface area contributed by atoms with Gasteiger partial charge in [0.25, 0.3) is 5.91 Å². The van der Waals surface area contributed by atoms with Gasteiger partial charge in [0.05, 0.1) is 7.11 Å². The van der Waals surface area contributed by atoms with Crippen LogP contribution in [-0.2, 0) is 13.0 Å². The van der Waals surface area contributed by atoms with Crippen LogP contribution in [0.25, 0.3) is 11.0 Å². The molecule has 1 aromatic heterocycles. The highest BCUT2D eigenvalue weighted by atomic mass is 16.5. The van der Waals surface area contributed by atoms with Gasteiger partial charge in [0.15, 0.2) is 0 Å². The van der Waals surface area contributed by atoms with Gasteiger partial charge in [-0.15, -0.1) is 0 Å². The topological polar surface area (TPSA) is 94.6 Å². The van der Waals surface area contributed by atoms with Gasteiger partial charge in [0, 0.05) is 23.2 Å². The molecule has 6 heteroatoms. The molecule has 1 heterocycles.